The summed E-state index contributed by atoms with van der Waals surface area (Å²) in [7, 11) is 1.63. The third-order valence-corrected chi connectivity index (χ3v) is 6.78. The lowest BCUT2D eigenvalue weighted by atomic mass is 9.89. The van der Waals surface area contributed by atoms with Crippen molar-refractivity contribution in [2.75, 3.05) is 20.1 Å². The molecule has 2 rings (SSSR count). The summed E-state index contributed by atoms with van der Waals surface area (Å²) in [5.41, 5.74) is -1.41. The van der Waals surface area contributed by atoms with E-state index in [1.165, 1.54) is 16.4 Å². The second kappa shape index (κ2) is 11.6. The van der Waals surface area contributed by atoms with Crippen molar-refractivity contribution in [1.82, 2.24) is 13.9 Å². The van der Waals surface area contributed by atoms with E-state index in [2.05, 4.69) is 10.3 Å². The summed E-state index contributed by atoms with van der Waals surface area (Å²) in [6.45, 7) is 6.50. The standard InChI is InChI=1S/C22H35F5N4O3S/c1-19(2,3)34-18(33)30(4)35-31-14-12-20(13-15-31)17(32)28-16(29-20)10-8-6-5-7-9-11-21(23,24)22(25,26)27/h5-15H2,1-4H3,(H,28,29,32). The summed E-state index contributed by atoms with van der Waals surface area (Å²) in [6.07, 6.45) is -3.65. The highest BCUT2D eigenvalue weighted by Gasteiger charge is 2.56. The maximum atomic E-state index is 12.9. The number of nitrogens with one attached hydrogen (secondary N) is 1. The van der Waals surface area contributed by atoms with E-state index in [0.717, 1.165) is 0 Å². The number of amidine groups is 1. The number of aliphatic imine (C=N–C) groups is 1. The van der Waals surface area contributed by atoms with Crippen molar-refractivity contribution in [3.05, 3.63) is 0 Å². The molecule has 0 aliphatic carbocycles. The molecule has 35 heavy (non-hydrogen) atoms. The van der Waals surface area contributed by atoms with Crippen molar-refractivity contribution < 1.29 is 36.3 Å². The number of alkyl halides is 5. The minimum Gasteiger partial charge on any atom is -0.443 e. The molecule has 2 aliphatic rings. The molecule has 0 atom stereocenters. The molecule has 0 aromatic carbocycles. The summed E-state index contributed by atoms with van der Waals surface area (Å²) in [4.78, 5) is 29.4. The fourth-order valence-corrected chi connectivity index (χ4v) is 4.62. The number of rotatable bonds is 10. The molecular formula is C22H35F5N4O3S. The summed E-state index contributed by atoms with van der Waals surface area (Å²) < 4.78 is 71.0. The number of unbranched alkanes of at least 4 members (excludes halogenated alkanes) is 4. The highest BCUT2D eigenvalue weighted by Crippen LogP contribution is 2.39. The van der Waals surface area contributed by atoms with Crippen molar-refractivity contribution in [2.24, 2.45) is 4.99 Å². The van der Waals surface area contributed by atoms with Crippen LogP contribution in [0.25, 0.3) is 0 Å². The van der Waals surface area contributed by atoms with Gasteiger partial charge in [-0.3, -0.25) is 9.79 Å². The maximum absolute atomic E-state index is 12.9. The molecule has 1 saturated heterocycles. The number of nitrogens with zero attached hydrogens (tertiary/aromatic N) is 3. The first-order valence-electron chi connectivity index (χ1n) is 11.8. The molecule has 2 aliphatic heterocycles. The first kappa shape index (κ1) is 29.6. The first-order chi connectivity index (χ1) is 16.0. The van der Waals surface area contributed by atoms with E-state index in [1.807, 2.05) is 4.31 Å². The van der Waals surface area contributed by atoms with Crippen LogP contribution in [0.2, 0.25) is 0 Å². The van der Waals surface area contributed by atoms with Gasteiger partial charge in [-0.1, -0.05) is 19.3 Å². The summed E-state index contributed by atoms with van der Waals surface area (Å²) in [5.74, 6) is -4.19. The van der Waals surface area contributed by atoms with Gasteiger partial charge in [0.15, 0.2) is 0 Å². The van der Waals surface area contributed by atoms with Crippen LogP contribution in [0.15, 0.2) is 4.99 Å². The Hall–Kier alpha value is -1.63. The van der Waals surface area contributed by atoms with E-state index in [9.17, 15) is 31.5 Å². The quantitative estimate of drug-likeness (QED) is 0.223. The van der Waals surface area contributed by atoms with Gasteiger partial charge >= 0.3 is 18.2 Å². The zero-order valence-electron chi connectivity index (χ0n) is 20.6. The average Bonchev–Trinajstić information content (AvgIpc) is 3.01. The van der Waals surface area contributed by atoms with Crippen molar-refractivity contribution in [1.29, 1.82) is 0 Å². The molecule has 1 spiro atoms. The summed E-state index contributed by atoms with van der Waals surface area (Å²) in [5, 5.41) is 2.83. The van der Waals surface area contributed by atoms with Gasteiger partial charge in [0.05, 0.1) is 0 Å². The first-order valence-corrected chi connectivity index (χ1v) is 12.5. The molecule has 0 aromatic rings. The van der Waals surface area contributed by atoms with Crippen molar-refractivity contribution >= 4 is 30.0 Å². The van der Waals surface area contributed by atoms with Gasteiger partial charge in [0, 0.05) is 45.1 Å². The normalized spacial score (nSPS) is 19.0. The van der Waals surface area contributed by atoms with Crippen LogP contribution in [0, 0.1) is 0 Å². The van der Waals surface area contributed by atoms with Crippen LogP contribution in [0.4, 0.5) is 26.7 Å². The average molecular weight is 531 g/mol. The monoisotopic (exact) mass is 530 g/mol. The van der Waals surface area contributed by atoms with E-state index < -0.39 is 35.8 Å². The van der Waals surface area contributed by atoms with Crippen LogP contribution in [0.5, 0.6) is 0 Å². The zero-order chi connectivity index (χ0) is 26.5. The molecule has 2 amide bonds. The molecule has 13 heteroatoms. The number of carbonyl (C=O) groups is 2. The number of carbonyl (C=O) groups excluding carboxylic acids is 2. The molecule has 0 saturated carbocycles. The number of ether oxygens (including phenoxy) is 1. The zero-order valence-corrected chi connectivity index (χ0v) is 21.5. The molecule has 0 radical (unpaired) electrons. The summed E-state index contributed by atoms with van der Waals surface area (Å²) in [6, 6.07) is 0. The number of halogens is 5. The largest absolute Gasteiger partial charge is 0.453 e. The van der Waals surface area contributed by atoms with Crippen LogP contribution in [0.3, 0.4) is 0 Å². The predicted octanol–water partition coefficient (Wildman–Crippen LogP) is 5.71. The van der Waals surface area contributed by atoms with Gasteiger partial charge in [0.25, 0.3) is 5.91 Å². The van der Waals surface area contributed by atoms with E-state index >= 15 is 0 Å². The number of hydrogen-bond acceptors (Lipinski definition) is 6. The van der Waals surface area contributed by atoms with Crippen LogP contribution >= 0.6 is 12.1 Å². The van der Waals surface area contributed by atoms with Crippen molar-refractivity contribution in [3.8, 4) is 0 Å². The SMILES string of the molecule is CN(SN1CCC2(CC1)N=C(CCCCCCCC(F)(F)C(F)(F)F)NC2=O)C(=O)OC(C)(C)C. The fraction of sp³-hybridized carbons (Fsp3) is 0.864. The second-order valence-corrected chi connectivity index (χ2v) is 11.2. The molecule has 7 nitrogen and oxygen atoms in total. The van der Waals surface area contributed by atoms with Gasteiger partial charge in [0.2, 0.25) is 0 Å². The third kappa shape index (κ3) is 8.76. The lowest BCUT2D eigenvalue weighted by Crippen LogP contribution is -2.48. The Balaban J connectivity index is 1.70. The highest BCUT2D eigenvalue weighted by atomic mass is 32.2. The Morgan fingerprint density at radius 2 is 1.66 bits per heavy atom. The predicted molar refractivity (Wildman–Crippen MR) is 124 cm³/mol. The van der Waals surface area contributed by atoms with Crippen LogP contribution in [-0.4, -0.2) is 69.8 Å². The van der Waals surface area contributed by atoms with E-state index in [-0.39, 0.29) is 12.3 Å². The smallest absolute Gasteiger partial charge is 0.443 e. The lowest BCUT2D eigenvalue weighted by molar-refractivity contribution is -0.284. The number of hydrogen-bond donors (Lipinski definition) is 1. The minimum atomic E-state index is -5.50. The Morgan fingerprint density at radius 3 is 2.23 bits per heavy atom. The van der Waals surface area contributed by atoms with Crippen LogP contribution in [-0.2, 0) is 9.53 Å². The van der Waals surface area contributed by atoms with Crippen molar-refractivity contribution in [3.63, 3.8) is 0 Å². The molecule has 0 unspecified atom stereocenters. The van der Waals surface area contributed by atoms with Gasteiger partial charge in [-0.2, -0.15) is 22.0 Å². The van der Waals surface area contributed by atoms with Crippen molar-refractivity contribution in [2.45, 2.75) is 102 Å². The fourth-order valence-electron chi connectivity index (χ4n) is 3.82. The second-order valence-electron chi connectivity index (χ2n) is 10.0. The van der Waals surface area contributed by atoms with Gasteiger partial charge in [-0.05, 0) is 46.5 Å². The molecular weight excluding hydrogens is 495 g/mol. The Kier molecular flexibility index (Phi) is 9.82. The Bertz CT molecular complexity index is 778. The molecule has 202 valence electrons. The van der Waals surface area contributed by atoms with E-state index in [4.69, 9.17) is 4.74 Å². The molecule has 1 fully saturated rings. The maximum Gasteiger partial charge on any atom is 0.453 e. The third-order valence-electron chi connectivity index (χ3n) is 5.79. The highest BCUT2D eigenvalue weighted by molar-refractivity contribution is 7.95. The molecule has 0 aromatic heterocycles. The van der Waals surface area contributed by atoms with Gasteiger partial charge < -0.3 is 10.1 Å². The number of piperidine rings is 1. The van der Waals surface area contributed by atoms with Gasteiger partial charge in [-0.25, -0.2) is 13.4 Å². The molecule has 0 bridgehead atoms. The molecule has 2 heterocycles. The summed E-state index contributed by atoms with van der Waals surface area (Å²) >= 11 is 1.24. The Morgan fingerprint density at radius 1 is 1.09 bits per heavy atom. The van der Waals surface area contributed by atoms with Gasteiger partial charge in [-0.15, -0.1) is 0 Å². The minimum absolute atomic E-state index is 0.146. The van der Waals surface area contributed by atoms with Gasteiger partial charge in [0.1, 0.15) is 17.0 Å². The van der Waals surface area contributed by atoms with Crippen LogP contribution in [0.1, 0.15) is 78.6 Å². The van der Waals surface area contributed by atoms with E-state index in [1.54, 1.807) is 27.8 Å². The Labute approximate surface area is 207 Å². The van der Waals surface area contributed by atoms with Crippen LogP contribution < -0.4 is 5.32 Å². The van der Waals surface area contributed by atoms with E-state index in [0.29, 0.717) is 63.9 Å². The molecule has 1 N–H and O–H groups in total. The lowest BCUT2D eigenvalue weighted by Gasteiger charge is -2.36. The number of amides is 2. The topological polar surface area (TPSA) is 74.2 Å².